The number of nitrogen functional groups attached to an aromatic ring is 1. The first kappa shape index (κ1) is 11.6. The molecule has 1 fully saturated rings. The second-order valence-corrected chi connectivity index (χ2v) is 4.44. The Kier molecular flexibility index (Phi) is 3.12. The van der Waals surface area contributed by atoms with Crippen molar-refractivity contribution in [3.05, 3.63) is 11.9 Å². The highest BCUT2D eigenvalue weighted by atomic mass is 16.2. The molecule has 1 aromatic rings. The summed E-state index contributed by atoms with van der Waals surface area (Å²) in [5, 5.41) is 2.77. The SMILES string of the molecule is CC(C)c1nc(N2CCNC(=O)C2)ncc1N. The van der Waals surface area contributed by atoms with Crippen molar-refractivity contribution < 1.29 is 4.79 Å². The van der Waals surface area contributed by atoms with E-state index in [1.54, 1.807) is 6.20 Å². The molecule has 3 N–H and O–H groups in total. The highest BCUT2D eigenvalue weighted by Crippen LogP contribution is 2.21. The van der Waals surface area contributed by atoms with Crippen LogP contribution in [0.2, 0.25) is 0 Å². The lowest BCUT2D eigenvalue weighted by Crippen LogP contribution is -2.48. The molecule has 2 rings (SSSR count). The Hall–Kier alpha value is -1.85. The van der Waals surface area contributed by atoms with E-state index in [-0.39, 0.29) is 11.8 Å². The van der Waals surface area contributed by atoms with Gasteiger partial charge < -0.3 is 16.0 Å². The zero-order chi connectivity index (χ0) is 12.4. The fourth-order valence-corrected chi connectivity index (χ4v) is 1.82. The van der Waals surface area contributed by atoms with E-state index in [1.165, 1.54) is 0 Å². The predicted molar refractivity (Wildman–Crippen MR) is 65.8 cm³/mol. The van der Waals surface area contributed by atoms with E-state index in [0.717, 1.165) is 12.2 Å². The molecule has 6 nitrogen and oxygen atoms in total. The molecule has 1 aliphatic heterocycles. The Bertz CT molecular complexity index is 432. The number of rotatable bonds is 2. The molecule has 0 unspecified atom stereocenters. The third kappa shape index (κ3) is 2.46. The molecule has 17 heavy (non-hydrogen) atoms. The summed E-state index contributed by atoms with van der Waals surface area (Å²) in [6, 6.07) is 0. The van der Waals surface area contributed by atoms with Gasteiger partial charge in [0.15, 0.2) is 0 Å². The molecule has 1 aliphatic rings. The molecule has 0 aromatic carbocycles. The second kappa shape index (κ2) is 4.57. The number of nitrogens with zero attached hydrogens (tertiary/aromatic N) is 3. The molecule has 0 spiro atoms. The Labute approximate surface area is 100 Å². The molecule has 0 atom stereocenters. The van der Waals surface area contributed by atoms with E-state index in [4.69, 9.17) is 5.73 Å². The van der Waals surface area contributed by atoms with Crippen LogP contribution in [0.5, 0.6) is 0 Å². The Morgan fingerprint density at radius 3 is 2.94 bits per heavy atom. The van der Waals surface area contributed by atoms with Crippen molar-refractivity contribution in [1.82, 2.24) is 15.3 Å². The standard InChI is InChI=1S/C11H17N5O/c1-7(2)10-8(12)5-14-11(15-10)16-4-3-13-9(17)6-16/h5,7H,3-4,6,12H2,1-2H3,(H,13,17). The minimum Gasteiger partial charge on any atom is -0.396 e. The molecule has 1 amide bonds. The summed E-state index contributed by atoms with van der Waals surface area (Å²) in [5.74, 6) is 0.830. The van der Waals surface area contributed by atoms with E-state index in [2.05, 4.69) is 15.3 Å². The molecule has 92 valence electrons. The topological polar surface area (TPSA) is 84.1 Å². The first-order chi connectivity index (χ1) is 8.08. The summed E-state index contributed by atoms with van der Waals surface area (Å²) < 4.78 is 0. The number of hydrogen-bond donors (Lipinski definition) is 2. The van der Waals surface area contributed by atoms with Gasteiger partial charge in [0.2, 0.25) is 11.9 Å². The zero-order valence-corrected chi connectivity index (χ0v) is 10.1. The molecule has 2 heterocycles. The van der Waals surface area contributed by atoms with Crippen LogP contribution in [-0.4, -0.2) is 35.5 Å². The van der Waals surface area contributed by atoms with Crippen molar-refractivity contribution in [3.63, 3.8) is 0 Å². The summed E-state index contributed by atoms with van der Waals surface area (Å²) in [5.41, 5.74) is 7.26. The maximum Gasteiger partial charge on any atom is 0.239 e. The van der Waals surface area contributed by atoms with Gasteiger partial charge in [-0.25, -0.2) is 9.97 Å². The first-order valence-electron chi connectivity index (χ1n) is 5.72. The van der Waals surface area contributed by atoms with Crippen molar-refractivity contribution in [2.75, 3.05) is 30.3 Å². The normalized spacial score (nSPS) is 16.2. The maximum absolute atomic E-state index is 11.3. The highest BCUT2D eigenvalue weighted by molar-refractivity contribution is 5.81. The Morgan fingerprint density at radius 2 is 2.29 bits per heavy atom. The van der Waals surface area contributed by atoms with Gasteiger partial charge in [-0.3, -0.25) is 4.79 Å². The van der Waals surface area contributed by atoms with Gasteiger partial charge in [0, 0.05) is 13.1 Å². The van der Waals surface area contributed by atoms with Crippen LogP contribution < -0.4 is 16.0 Å². The number of amides is 1. The molecule has 1 aromatic heterocycles. The number of nitrogens with one attached hydrogen (secondary N) is 1. The largest absolute Gasteiger partial charge is 0.396 e. The van der Waals surface area contributed by atoms with Gasteiger partial charge in [-0.15, -0.1) is 0 Å². The quantitative estimate of drug-likeness (QED) is 0.760. The second-order valence-electron chi connectivity index (χ2n) is 4.44. The van der Waals surface area contributed by atoms with Crippen LogP contribution >= 0.6 is 0 Å². The molecule has 6 heteroatoms. The lowest BCUT2D eigenvalue weighted by atomic mass is 10.1. The minimum atomic E-state index is 0.00257. The average molecular weight is 235 g/mol. The van der Waals surface area contributed by atoms with Crippen LogP contribution in [0.4, 0.5) is 11.6 Å². The van der Waals surface area contributed by atoms with Gasteiger partial charge >= 0.3 is 0 Å². The van der Waals surface area contributed by atoms with Gasteiger partial charge in [0.25, 0.3) is 0 Å². The lowest BCUT2D eigenvalue weighted by Gasteiger charge is -2.27. The molecule has 0 bridgehead atoms. The van der Waals surface area contributed by atoms with E-state index in [1.807, 2.05) is 18.7 Å². The lowest BCUT2D eigenvalue weighted by molar-refractivity contribution is -0.120. The summed E-state index contributed by atoms with van der Waals surface area (Å²) >= 11 is 0. The first-order valence-corrected chi connectivity index (χ1v) is 5.72. The molecular weight excluding hydrogens is 218 g/mol. The van der Waals surface area contributed by atoms with Crippen molar-refractivity contribution in [2.24, 2.45) is 0 Å². The van der Waals surface area contributed by atoms with Crippen LogP contribution in [0.15, 0.2) is 6.20 Å². The van der Waals surface area contributed by atoms with Gasteiger partial charge in [-0.2, -0.15) is 0 Å². The third-order valence-electron chi connectivity index (χ3n) is 2.70. The molecule has 0 radical (unpaired) electrons. The monoisotopic (exact) mass is 235 g/mol. The molecule has 1 saturated heterocycles. The summed E-state index contributed by atoms with van der Waals surface area (Å²) in [6.45, 7) is 5.73. The molecular formula is C11H17N5O. The number of nitrogens with two attached hydrogens (primary N) is 1. The number of anilines is 2. The van der Waals surface area contributed by atoms with Gasteiger partial charge in [-0.1, -0.05) is 13.8 Å². The smallest absolute Gasteiger partial charge is 0.239 e. The van der Waals surface area contributed by atoms with Gasteiger partial charge in [0.05, 0.1) is 24.1 Å². The number of aromatic nitrogens is 2. The third-order valence-corrected chi connectivity index (χ3v) is 2.70. The summed E-state index contributed by atoms with van der Waals surface area (Å²) in [7, 11) is 0. The van der Waals surface area contributed by atoms with Crippen LogP contribution in [0.1, 0.15) is 25.5 Å². The Morgan fingerprint density at radius 1 is 1.53 bits per heavy atom. The van der Waals surface area contributed by atoms with Crippen molar-refractivity contribution >= 4 is 17.5 Å². The van der Waals surface area contributed by atoms with Crippen LogP contribution in [0.3, 0.4) is 0 Å². The van der Waals surface area contributed by atoms with E-state index >= 15 is 0 Å². The van der Waals surface area contributed by atoms with Gasteiger partial charge in [0.1, 0.15) is 0 Å². The fraction of sp³-hybridized carbons (Fsp3) is 0.545. The highest BCUT2D eigenvalue weighted by Gasteiger charge is 2.19. The van der Waals surface area contributed by atoms with Crippen molar-refractivity contribution in [1.29, 1.82) is 0 Å². The van der Waals surface area contributed by atoms with E-state index in [0.29, 0.717) is 24.7 Å². The Balaban J connectivity index is 2.26. The zero-order valence-electron chi connectivity index (χ0n) is 10.1. The van der Waals surface area contributed by atoms with Crippen molar-refractivity contribution in [2.45, 2.75) is 19.8 Å². The summed E-state index contributed by atoms with van der Waals surface area (Å²) in [6.07, 6.45) is 1.62. The van der Waals surface area contributed by atoms with Gasteiger partial charge in [-0.05, 0) is 5.92 Å². The maximum atomic E-state index is 11.3. The average Bonchev–Trinajstić information content (AvgIpc) is 2.29. The van der Waals surface area contributed by atoms with Crippen LogP contribution in [0, 0.1) is 0 Å². The number of piperazine rings is 1. The number of carbonyl (C=O) groups excluding carboxylic acids is 1. The van der Waals surface area contributed by atoms with Crippen molar-refractivity contribution in [3.8, 4) is 0 Å². The van der Waals surface area contributed by atoms with E-state index in [9.17, 15) is 4.79 Å². The fourth-order valence-electron chi connectivity index (χ4n) is 1.82. The van der Waals surface area contributed by atoms with E-state index < -0.39 is 0 Å². The summed E-state index contributed by atoms with van der Waals surface area (Å²) in [4.78, 5) is 21.8. The number of hydrogen-bond acceptors (Lipinski definition) is 5. The number of carbonyl (C=O) groups is 1. The molecule has 0 saturated carbocycles. The minimum absolute atomic E-state index is 0.00257. The predicted octanol–water partition coefficient (Wildman–Crippen LogP) is 0.118. The van der Waals surface area contributed by atoms with Crippen LogP contribution in [-0.2, 0) is 4.79 Å². The molecule has 0 aliphatic carbocycles. The van der Waals surface area contributed by atoms with Crippen LogP contribution in [0.25, 0.3) is 0 Å².